The van der Waals surface area contributed by atoms with E-state index in [0.717, 1.165) is 55.8 Å². The van der Waals surface area contributed by atoms with Crippen molar-refractivity contribution in [3.8, 4) is 22.4 Å². The first-order valence-electron chi connectivity index (χ1n) is 13.9. The first-order chi connectivity index (χ1) is 18.2. The molecule has 2 nitrogen and oxygen atoms in total. The second kappa shape index (κ2) is 9.38. The highest BCUT2D eigenvalue weighted by atomic mass is 19.1. The molecule has 1 fully saturated rings. The van der Waals surface area contributed by atoms with E-state index in [9.17, 15) is 0 Å². The van der Waals surface area contributed by atoms with Gasteiger partial charge in [-0.1, -0.05) is 57.2 Å². The van der Waals surface area contributed by atoms with Crippen LogP contribution < -0.4 is 4.57 Å². The van der Waals surface area contributed by atoms with Crippen LogP contribution in [0.4, 0.5) is 4.39 Å². The van der Waals surface area contributed by atoms with Crippen molar-refractivity contribution in [1.82, 2.24) is 0 Å². The third kappa shape index (κ3) is 4.32. The first-order valence-corrected chi connectivity index (χ1v) is 13.9. The Hall–Kier alpha value is -3.46. The molecule has 0 atom stereocenters. The zero-order chi connectivity index (χ0) is 26.6. The summed E-state index contributed by atoms with van der Waals surface area (Å²) in [4.78, 5) is 0. The Morgan fingerprint density at radius 3 is 2.26 bits per heavy atom. The van der Waals surface area contributed by atoms with Crippen LogP contribution in [-0.4, -0.2) is 0 Å². The molecule has 38 heavy (non-hydrogen) atoms. The molecule has 194 valence electrons. The fraction of sp³-hybridized carbons (Fsp3) is 0.343. The molecule has 0 N–H and O–H groups in total. The third-order valence-electron chi connectivity index (χ3n) is 8.87. The van der Waals surface area contributed by atoms with Crippen LogP contribution in [0.1, 0.15) is 63.5 Å². The largest absolute Gasteiger partial charge is 0.454 e. The van der Waals surface area contributed by atoms with Crippen molar-refractivity contribution in [3.63, 3.8) is 0 Å². The number of hydrogen-bond donors (Lipinski definition) is 0. The highest BCUT2D eigenvalue weighted by Crippen LogP contribution is 2.44. The van der Waals surface area contributed by atoms with Crippen molar-refractivity contribution in [2.45, 2.75) is 59.3 Å². The molecule has 0 radical (unpaired) electrons. The van der Waals surface area contributed by atoms with E-state index in [1.807, 2.05) is 25.4 Å². The first kappa shape index (κ1) is 24.9. The molecule has 1 aliphatic rings. The van der Waals surface area contributed by atoms with Gasteiger partial charge in [0.25, 0.3) is 0 Å². The lowest BCUT2D eigenvalue weighted by molar-refractivity contribution is -0.660. The van der Waals surface area contributed by atoms with Crippen LogP contribution in [0, 0.1) is 24.1 Å². The number of hydrogen-bond acceptors (Lipinski definition) is 1. The lowest BCUT2D eigenvalue weighted by Gasteiger charge is -2.37. The summed E-state index contributed by atoms with van der Waals surface area (Å²) in [6.07, 6.45) is 7.11. The van der Waals surface area contributed by atoms with Crippen LogP contribution in [-0.2, 0) is 7.05 Å². The van der Waals surface area contributed by atoms with Gasteiger partial charge in [0, 0.05) is 28.5 Å². The molecule has 0 aliphatic heterocycles. The van der Waals surface area contributed by atoms with E-state index in [2.05, 4.69) is 74.7 Å². The number of aryl methyl sites for hydroxylation is 2. The van der Waals surface area contributed by atoms with Gasteiger partial charge in [-0.05, 0) is 84.7 Å². The molecular formula is C35H37FNO+. The molecule has 6 rings (SSSR count). The summed E-state index contributed by atoms with van der Waals surface area (Å²) in [5.41, 5.74) is 8.38. The minimum Gasteiger partial charge on any atom is -0.454 e. The normalized spacial score (nSPS) is 18.4. The van der Waals surface area contributed by atoms with Crippen LogP contribution >= 0.6 is 0 Å². The van der Waals surface area contributed by atoms with Crippen molar-refractivity contribution in [2.24, 2.45) is 18.4 Å². The van der Waals surface area contributed by atoms with Gasteiger partial charge < -0.3 is 4.42 Å². The number of pyridine rings is 1. The van der Waals surface area contributed by atoms with Crippen LogP contribution in [0.15, 0.2) is 77.3 Å². The summed E-state index contributed by atoms with van der Waals surface area (Å²) in [5, 5.41) is 1.76. The molecule has 0 amide bonds. The number of fused-ring (bicyclic) bond motifs is 3. The number of halogens is 1. The molecule has 2 aromatic heterocycles. The number of rotatable bonds is 3. The number of nitrogens with zero attached hydrogens (tertiary/aromatic N) is 1. The number of aromatic nitrogens is 1. The zero-order valence-corrected chi connectivity index (χ0v) is 23.1. The van der Waals surface area contributed by atoms with E-state index >= 15 is 4.39 Å². The Balaban J connectivity index is 1.41. The molecule has 5 aromatic rings. The molecule has 1 aliphatic carbocycles. The maximum Gasteiger partial charge on any atom is 0.216 e. The standard InChI is InChI=1S/C35H37FNO/c1-22-9-18-28-30-21-27(36)20-29(33(30)38-34(28)32(22)31-8-6-7-19-37(31)5)25-12-10-23(11-13-25)24-14-16-26(17-15-24)35(2,3)4/h6-13,18-21,24,26H,14-17H2,1-5H3/q+1. The van der Waals surface area contributed by atoms with E-state index in [1.54, 1.807) is 12.1 Å². The average Bonchev–Trinajstić information content (AvgIpc) is 3.27. The van der Waals surface area contributed by atoms with Crippen molar-refractivity contribution in [3.05, 3.63) is 89.9 Å². The van der Waals surface area contributed by atoms with Crippen molar-refractivity contribution in [2.75, 3.05) is 0 Å². The highest BCUT2D eigenvalue weighted by Gasteiger charge is 2.30. The van der Waals surface area contributed by atoms with E-state index in [4.69, 9.17) is 4.42 Å². The molecule has 0 saturated heterocycles. The fourth-order valence-electron chi connectivity index (χ4n) is 6.55. The summed E-state index contributed by atoms with van der Waals surface area (Å²) in [7, 11) is 2.04. The molecule has 0 unspecified atom stereocenters. The third-order valence-corrected chi connectivity index (χ3v) is 8.87. The van der Waals surface area contributed by atoms with Crippen LogP contribution in [0.25, 0.3) is 44.3 Å². The Kier molecular flexibility index (Phi) is 6.13. The van der Waals surface area contributed by atoms with E-state index in [0.29, 0.717) is 11.3 Å². The Morgan fingerprint density at radius 1 is 0.842 bits per heavy atom. The van der Waals surface area contributed by atoms with Crippen LogP contribution in [0.3, 0.4) is 0 Å². The molecule has 1 saturated carbocycles. The summed E-state index contributed by atoms with van der Waals surface area (Å²) < 4.78 is 23.7. The predicted octanol–water partition coefficient (Wildman–Crippen LogP) is 9.51. The van der Waals surface area contributed by atoms with Crippen molar-refractivity contribution in [1.29, 1.82) is 0 Å². The van der Waals surface area contributed by atoms with Gasteiger partial charge in [0.1, 0.15) is 24.0 Å². The molecule has 3 aromatic carbocycles. The van der Waals surface area contributed by atoms with E-state index in [1.165, 1.54) is 31.2 Å². The Labute approximate surface area is 225 Å². The smallest absolute Gasteiger partial charge is 0.216 e. The maximum atomic E-state index is 15.0. The second-order valence-electron chi connectivity index (χ2n) is 12.3. The van der Waals surface area contributed by atoms with Gasteiger partial charge in [-0.2, -0.15) is 0 Å². The van der Waals surface area contributed by atoms with Gasteiger partial charge in [0.15, 0.2) is 6.20 Å². The lowest BCUT2D eigenvalue weighted by atomic mass is 9.68. The quantitative estimate of drug-likeness (QED) is 0.223. The fourth-order valence-corrected chi connectivity index (χ4v) is 6.55. The predicted molar refractivity (Wildman–Crippen MR) is 155 cm³/mol. The summed E-state index contributed by atoms with van der Waals surface area (Å²) in [6, 6.07) is 22.3. The molecule has 0 bridgehead atoms. The summed E-state index contributed by atoms with van der Waals surface area (Å²) in [5.74, 6) is 1.17. The topological polar surface area (TPSA) is 17.0 Å². The summed E-state index contributed by atoms with van der Waals surface area (Å²) >= 11 is 0. The Morgan fingerprint density at radius 2 is 1.58 bits per heavy atom. The molecule has 3 heteroatoms. The minimum atomic E-state index is -0.243. The second-order valence-corrected chi connectivity index (χ2v) is 12.3. The van der Waals surface area contributed by atoms with Gasteiger partial charge in [-0.15, -0.1) is 0 Å². The lowest BCUT2D eigenvalue weighted by Crippen LogP contribution is -2.30. The van der Waals surface area contributed by atoms with E-state index in [-0.39, 0.29) is 5.82 Å². The van der Waals surface area contributed by atoms with Crippen molar-refractivity contribution < 1.29 is 13.4 Å². The maximum absolute atomic E-state index is 15.0. The average molecular weight is 507 g/mol. The molecule has 0 spiro atoms. The van der Waals surface area contributed by atoms with Crippen LogP contribution in [0.5, 0.6) is 0 Å². The summed E-state index contributed by atoms with van der Waals surface area (Å²) in [6.45, 7) is 9.21. The van der Waals surface area contributed by atoms with Crippen LogP contribution in [0.2, 0.25) is 0 Å². The monoisotopic (exact) mass is 506 g/mol. The van der Waals surface area contributed by atoms with E-state index < -0.39 is 0 Å². The Bertz CT molecular complexity index is 1630. The minimum absolute atomic E-state index is 0.243. The zero-order valence-electron chi connectivity index (χ0n) is 23.1. The van der Waals surface area contributed by atoms with Gasteiger partial charge in [0.2, 0.25) is 5.69 Å². The van der Waals surface area contributed by atoms with Gasteiger partial charge in [-0.25, -0.2) is 8.96 Å². The molecule has 2 heterocycles. The number of furan rings is 1. The van der Waals surface area contributed by atoms with Gasteiger partial charge in [-0.3, -0.25) is 0 Å². The van der Waals surface area contributed by atoms with Gasteiger partial charge in [0.05, 0.1) is 5.56 Å². The van der Waals surface area contributed by atoms with Gasteiger partial charge >= 0.3 is 0 Å². The molecular weight excluding hydrogens is 469 g/mol. The number of benzene rings is 3. The SMILES string of the molecule is Cc1ccc2c(oc3c(-c4ccc(C5CCC(C(C)(C)C)CC5)cc4)cc(F)cc32)c1-c1cccc[n+]1C. The van der Waals surface area contributed by atoms with Crippen molar-refractivity contribution >= 4 is 21.9 Å². The highest BCUT2D eigenvalue weighted by molar-refractivity contribution is 6.13.